The maximum absolute atomic E-state index is 12.1. The van der Waals surface area contributed by atoms with Gasteiger partial charge < -0.3 is 21.3 Å². The Morgan fingerprint density at radius 1 is 1.33 bits per heavy atom. The molecule has 0 aliphatic carbocycles. The third-order valence-electron chi connectivity index (χ3n) is 3.69. The summed E-state index contributed by atoms with van der Waals surface area (Å²) < 4.78 is 0. The summed E-state index contributed by atoms with van der Waals surface area (Å²) >= 11 is 0. The number of nitrogens with zero attached hydrogens (tertiary/aromatic N) is 2. The fourth-order valence-electron chi connectivity index (χ4n) is 2.41. The standard InChI is InChI=1S/C17H27N5O.HI/c1-13(2)11-19-16(18)20-12-14-6-5-7-15(10-14)21-17(23)22-8-3-4-9-22;/h5-7,10,13H,3-4,8-9,11-12H2,1-2H3,(H,21,23)(H3,18,19,20);1H. The van der Waals surface area contributed by atoms with E-state index in [1.807, 2.05) is 29.2 Å². The Bertz CT molecular complexity index is 556. The molecular formula is C17H28IN5O. The molecule has 1 aromatic carbocycles. The molecule has 0 spiro atoms. The van der Waals surface area contributed by atoms with E-state index < -0.39 is 0 Å². The Labute approximate surface area is 161 Å². The Kier molecular flexibility index (Phi) is 8.88. The lowest BCUT2D eigenvalue weighted by molar-refractivity contribution is 0.222. The monoisotopic (exact) mass is 445 g/mol. The molecule has 2 rings (SSSR count). The van der Waals surface area contributed by atoms with Crippen LogP contribution in [0.3, 0.4) is 0 Å². The second-order valence-corrected chi connectivity index (χ2v) is 6.30. The van der Waals surface area contributed by atoms with E-state index in [4.69, 9.17) is 5.73 Å². The Hall–Kier alpha value is -1.51. The van der Waals surface area contributed by atoms with Crippen molar-refractivity contribution in [3.05, 3.63) is 29.8 Å². The first-order valence-corrected chi connectivity index (χ1v) is 8.23. The van der Waals surface area contributed by atoms with Crippen LogP contribution in [0, 0.1) is 5.92 Å². The number of benzene rings is 1. The zero-order chi connectivity index (χ0) is 16.7. The van der Waals surface area contributed by atoms with Gasteiger partial charge in [0, 0.05) is 25.3 Å². The smallest absolute Gasteiger partial charge is 0.321 e. The molecule has 1 aliphatic heterocycles. The van der Waals surface area contributed by atoms with Crippen LogP contribution in [0.15, 0.2) is 29.3 Å². The maximum Gasteiger partial charge on any atom is 0.321 e. The number of rotatable bonds is 5. The lowest BCUT2D eigenvalue weighted by atomic mass is 10.2. The van der Waals surface area contributed by atoms with Crippen molar-refractivity contribution in [1.29, 1.82) is 0 Å². The molecule has 1 aliphatic rings. The molecule has 7 heteroatoms. The molecule has 0 aromatic heterocycles. The molecule has 1 fully saturated rings. The number of likely N-dealkylation sites (tertiary alicyclic amines) is 1. The molecule has 134 valence electrons. The van der Waals surface area contributed by atoms with Crippen LogP contribution >= 0.6 is 24.0 Å². The van der Waals surface area contributed by atoms with E-state index in [0.717, 1.165) is 43.7 Å². The summed E-state index contributed by atoms with van der Waals surface area (Å²) in [6.45, 7) is 7.22. The van der Waals surface area contributed by atoms with Gasteiger partial charge in [-0.1, -0.05) is 26.0 Å². The summed E-state index contributed by atoms with van der Waals surface area (Å²) in [6.07, 6.45) is 2.18. The maximum atomic E-state index is 12.1. The number of carbonyl (C=O) groups excluding carboxylic acids is 1. The lowest BCUT2D eigenvalue weighted by Gasteiger charge is -2.16. The van der Waals surface area contributed by atoms with E-state index in [1.54, 1.807) is 0 Å². The molecule has 1 aromatic rings. The van der Waals surface area contributed by atoms with Crippen LogP contribution in [0.5, 0.6) is 0 Å². The summed E-state index contributed by atoms with van der Waals surface area (Å²) in [5, 5.41) is 6.03. The summed E-state index contributed by atoms with van der Waals surface area (Å²) in [5.41, 5.74) is 7.64. The zero-order valence-electron chi connectivity index (χ0n) is 14.4. The molecule has 2 amide bonds. The van der Waals surface area contributed by atoms with Gasteiger partial charge in [0.25, 0.3) is 0 Å². The highest BCUT2D eigenvalue weighted by Crippen LogP contribution is 2.14. The highest BCUT2D eigenvalue weighted by atomic mass is 127. The number of carbonyl (C=O) groups is 1. The van der Waals surface area contributed by atoms with E-state index in [2.05, 4.69) is 29.5 Å². The number of aliphatic imine (C=N–C) groups is 1. The number of halogens is 1. The predicted octanol–water partition coefficient (Wildman–Crippen LogP) is 2.99. The highest BCUT2D eigenvalue weighted by molar-refractivity contribution is 14.0. The van der Waals surface area contributed by atoms with Gasteiger partial charge in [-0.3, -0.25) is 0 Å². The predicted molar refractivity (Wildman–Crippen MR) is 110 cm³/mol. The number of hydrogen-bond acceptors (Lipinski definition) is 2. The number of hydrogen-bond donors (Lipinski definition) is 3. The van der Waals surface area contributed by atoms with Gasteiger partial charge >= 0.3 is 6.03 Å². The molecule has 1 heterocycles. The van der Waals surface area contributed by atoms with Crippen molar-refractivity contribution in [2.75, 3.05) is 25.0 Å². The van der Waals surface area contributed by atoms with Crippen LogP contribution in [0.1, 0.15) is 32.3 Å². The Morgan fingerprint density at radius 3 is 2.71 bits per heavy atom. The number of anilines is 1. The second-order valence-electron chi connectivity index (χ2n) is 6.30. The van der Waals surface area contributed by atoms with E-state index >= 15 is 0 Å². The van der Waals surface area contributed by atoms with E-state index in [0.29, 0.717) is 18.4 Å². The van der Waals surface area contributed by atoms with Gasteiger partial charge in [0.05, 0.1) is 6.54 Å². The summed E-state index contributed by atoms with van der Waals surface area (Å²) in [7, 11) is 0. The van der Waals surface area contributed by atoms with Gasteiger partial charge in [0.15, 0.2) is 5.96 Å². The largest absolute Gasteiger partial charge is 0.370 e. The Balaban J connectivity index is 0.00000288. The molecule has 0 bridgehead atoms. The molecule has 0 unspecified atom stereocenters. The van der Waals surface area contributed by atoms with Gasteiger partial charge in [-0.25, -0.2) is 9.79 Å². The summed E-state index contributed by atoms with van der Waals surface area (Å²) in [6, 6.07) is 7.70. The van der Waals surface area contributed by atoms with Crippen LogP contribution < -0.4 is 16.4 Å². The van der Waals surface area contributed by atoms with Gasteiger partial charge in [0.1, 0.15) is 0 Å². The molecule has 0 radical (unpaired) electrons. The highest BCUT2D eigenvalue weighted by Gasteiger charge is 2.17. The van der Waals surface area contributed by atoms with Gasteiger partial charge in [-0.05, 0) is 36.5 Å². The van der Waals surface area contributed by atoms with Crippen molar-refractivity contribution in [3.63, 3.8) is 0 Å². The summed E-state index contributed by atoms with van der Waals surface area (Å²) in [5.74, 6) is 0.970. The zero-order valence-corrected chi connectivity index (χ0v) is 16.7. The van der Waals surface area contributed by atoms with Crippen LogP contribution in [-0.2, 0) is 6.54 Å². The second kappa shape index (κ2) is 10.4. The SMILES string of the molecule is CC(C)CNC(N)=NCc1cccc(NC(=O)N2CCCC2)c1.I. The number of urea groups is 1. The van der Waals surface area contributed by atoms with E-state index in [-0.39, 0.29) is 30.0 Å². The molecule has 0 saturated carbocycles. The van der Waals surface area contributed by atoms with Gasteiger partial charge in [-0.15, -0.1) is 24.0 Å². The third kappa shape index (κ3) is 6.94. The molecule has 1 saturated heterocycles. The third-order valence-corrected chi connectivity index (χ3v) is 3.69. The van der Waals surface area contributed by atoms with Crippen LogP contribution in [0.2, 0.25) is 0 Å². The molecule has 0 atom stereocenters. The first-order valence-electron chi connectivity index (χ1n) is 8.23. The van der Waals surface area contributed by atoms with E-state index in [1.165, 1.54) is 0 Å². The first-order chi connectivity index (χ1) is 11.0. The average Bonchev–Trinajstić information content (AvgIpc) is 3.06. The first kappa shape index (κ1) is 20.5. The van der Waals surface area contributed by atoms with Gasteiger partial charge in [-0.2, -0.15) is 0 Å². The minimum atomic E-state index is -0.0266. The van der Waals surface area contributed by atoms with Crippen molar-refractivity contribution in [2.45, 2.75) is 33.2 Å². The van der Waals surface area contributed by atoms with Crippen molar-refractivity contribution >= 4 is 41.7 Å². The molecule has 24 heavy (non-hydrogen) atoms. The molecular weight excluding hydrogens is 417 g/mol. The topological polar surface area (TPSA) is 82.7 Å². The van der Waals surface area contributed by atoms with Crippen LogP contribution in [-0.4, -0.2) is 36.5 Å². The quantitative estimate of drug-likeness (QED) is 0.370. The number of nitrogens with one attached hydrogen (secondary N) is 2. The fourth-order valence-corrected chi connectivity index (χ4v) is 2.41. The normalized spacial score (nSPS) is 14.5. The van der Waals surface area contributed by atoms with Crippen molar-refractivity contribution in [2.24, 2.45) is 16.6 Å². The minimum absolute atomic E-state index is 0. The van der Waals surface area contributed by atoms with Crippen LogP contribution in [0.25, 0.3) is 0 Å². The lowest BCUT2D eigenvalue weighted by Crippen LogP contribution is -2.34. The number of amides is 2. The fraction of sp³-hybridized carbons (Fsp3) is 0.529. The van der Waals surface area contributed by atoms with E-state index in [9.17, 15) is 4.79 Å². The van der Waals surface area contributed by atoms with Gasteiger partial charge in [0.2, 0.25) is 0 Å². The minimum Gasteiger partial charge on any atom is -0.370 e. The number of guanidine groups is 1. The summed E-state index contributed by atoms with van der Waals surface area (Å²) in [4.78, 5) is 18.3. The average molecular weight is 445 g/mol. The van der Waals surface area contributed by atoms with Crippen LogP contribution in [0.4, 0.5) is 10.5 Å². The Morgan fingerprint density at radius 2 is 2.04 bits per heavy atom. The molecule has 4 N–H and O–H groups in total. The van der Waals surface area contributed by atoms with Crippen molar-refractivity contribution in [1.82, 2.24) is 10.2 Å². The molecule has 6 nitrogen and oxygen atoms in total. The number of nitrogens with two attached hydrogens (primary N) is 1. The van der Waals surface area contributed by atoms with Crippen molar-refractivity contribution in [3.8, 4) is 0 Å². The van der Waals surface area contributed by atoms with Crippen molar-refractivity contribution < 1.29 is 4.79 Å².